The van der Waals surface area contributed by atoms with Crippen LogP contribution in [0, 0.1) is 18.3 Å². The monoisotopic (exact) mass is 396 g/mol. The second-order valence-corrected chi connectivity index (χ2v) is 7.41. The van der Waals surface area contributed by atoms with Crippen molar-refractivity contribution in [2.75, 3.05) is 37.8 Å². The lowest BCUT2D eigenvalue weighted by atomic mass is 9.97. The van der Waals surface area contributed by atoms with E-state index in [1.54, 1.807) is 0 Å². The summed E-state index contributed by atoms with van der Waals surface area (Å²) >= 11 is 0. The van der Waals surface area contributed by atoms with Crippen molar-refractivity contribution in [3.8, 4) is 11.8 Å². The van der Waals surface area contributed by atoms with E-state index >= 15 is 0 Å². The van der Waals surface area contributed by atoms with Gasteiger partial charge in [0.2, 0.25) is 5.75 Å². The van der Waals surface area contributed by atoms with Crippen LogP contribution in [0.25, 0.3) is 0 Å². The number of rotatable bonds is 4. The number of nitriles is 1. The Morgan fingerprint density at radius 2 is 2.17 bits per heavy atom. The highest BCUT2D eigenvalue weighted by molar-refractivity contribution is 5.68. The Balaban J connectivity index is 1.72. The van der Waals surface area contributed by atoms with Crippen LogP contribution < -0.4 is 26.7 Å². The van der Waals surface area contributed by atoms with Crippen LogP contribution in [0.15, 0.2) is 17.2 Å². The molecule has 0 atom stereocenters. The minimum Gasteiger partial charge on any atom is -0.490 e. The summed E-state index contributed by atoms with van der Waals surface area (Å²) in [6.45, 7) is 4.57. The molecule has 2 aromatic heterocycles. The third kappa shape index (κ3) is 3.18. The van der Waals surface area contributed by atoms with E-state index in [4.69, 9.17) is 15.7 Å². The summed E-state index contributed by atoms with van der Waals surface area (Å²) in [7, 11) is 1.48. The number of nitrogen functional groups attached to an aromatic ring is 1. The molecule has 1 saturated heterocycles. The van der Waals surface area contributed by atoms with Gasteiger partial charge < -0.3 is 15.8 Å². The normalized spacial score (nSPS) is 17.7. The average Bonchev–Trinajstić information content (AvgIpc) is 3.08. The lowest BCUT2D eigenvalue weighted by Crippen LogP contribution is -2.54. The Morgan fingerprint density at radius 3 is 2.86 bits per heavy atom. The molecule has 2 aromatic rings. The van der Waals surface area contributed by atoms with Gasteiger partial charge in [-0.2, -0.15) is 5.26 Å². The topological polar surface area (TPSA) is 134 Å². The second kappa shape index (κ2) is 7.35. The fraction of sp³-hybridized carbons (Fsp3) is 0.474. The maximum atomic E-state index is 13.5. The predicted molar refractivity (Wildman–Crippen MR) is 108 cm³/mol. The molecule has 2 aliphatic rings. The van der Waals surface area contributed by atoms with E-state index < -0.39 is 5.66 Å². The van der Waals surface area contributed by atoms with E-state index in [1.165, 1.54) is 13.4 Å². The zero-order valence-corrected chi connectivity index (χ0v) is 16.5. The van der Waals surface area contributed by atoms with Crippen molar-refractivity contribution in [2.45, 2.75) is 32.0 Å². The lowest BCUT2D eigenvalue weighted by molar-refractivity contribution is 0.102. The third-order valence-electron chi connectivity index (χ3n) is 5.80. The van der Waals surface area contributed by atoms with Crippen molar-refractivity contribution in [3.63, 3.8) is 0 Å². The number of ether oxygens (including phenoxy) is 1. The van der Waals surface area contributed by atoms with Gasteiger partial charge in [0.1, 0.15) is 17.7 Å². The molecule has 10 heteroatoms. The SMILES string of the molecule is COc1c(N)ncnc1Nc1cc(C)c2n(c1=O)C1(CCN(CC#N)CC1)NC2. The van der Waals surface area contributed by atoms with E-state index in [1.807, 2.05) is 17.6 Å². The minimum absolute atomic E-state index is 0.122. The number of nitrogens with two attached hydrogens (primary N) is 1. The number of methoxy groups -OCH3 is 1. The van der Waals surface area contributed by atoms with E-state index in [0.29, 0.717) is 30.3 Å². The Labute approximate surface area is 168 Å². The highest BCUT2D eigenvalue weighted by atomic mass is 16.5. The van der Waals surface area contributed by atoms with Gasteiger partial charge in [-0.05, 0) is 31.4 Å². The van der Waals surface area contributed by atoms with Crippen molar-refractivity contribution in [3.05, 3.63) is 34.0 Å². The van der Waals surface area contributed by atoms with Crippen LogP contribution in [0.1, 0.15) is 24.1 Å². The van der Waals surface area contributed by atoms with Crippen LogP contribution in [0.5, 0.6) is 5.75 Å². The highest BCUT2D eigenvalue weighted by Gasteiger charge is 2.42. The van der Waals surface area contributed by atoms with Gasteiger partial charge >= 0.3 is 0 Å². The molecule has 0 unspecified atom stereocenters. The van der Waals surface area contributed by atoms with Crippen molar-refractivity contribution in [1.82, 2.24) is 24.8 Å². The van der Waals surface area contributed by atoms with Gasteiger partial charge in [-0.25, -0.2) is 9.97 Å². The number of aromatic nitrogens is 3. The number of hydrogen-bond acceptors (Lipinski definition) is 9. The Bertz CT molecular complexity index is 1030. The number of piperidine rings is 1. The molecule has 4 N–H and O–H groups in total. The van der Waals surface area contributed by atoms with E-state index in [0.717, 1.165) is 37.2 Å². The first kappa shape index (κ1) is 19.2. The number of pyridine rings is 1. The number of nitrogens with one attached hydrogen (secondary N) is 2. The number of fused-ring (bicyclic) bond motifs is 2. The molecule has 4 rings (SSSR count). The zero-order chi connectivity index (χ0) is 20.6. The summed E-state index contributed by atoms with van der Waals surface area (Å²) in [5.41, 5.74) is 7.71. The largest absolute Gasteiger partial charge is 0.490 e. The van der Waals surface area contributed by atoms with Crippen LogP contribution in [-0.4, -0.2) is 46.2 Å². The van der Waals surface area contributed by atoms with Gasteiger partial charge in [0.15, 0.2) is 11.6 Å². The van der Waals surface area contributed by atoms with Crippen LogP contribution in [0.3, 0.4) is 0 Å². The summed E-state index contributed by atoms with van der Waals surface area (Å²) in [5, 5.41) is 15.6. The first-order chi connectivity index (χ1) is 14.0. The molecule has 0 saturated carbocycles. The second-order valence-electron chi connectivity index (χ2n) is 7.41. The van der Waals surface area contributed by atoms with Crippen LogP contribution >= 0.6 is 0 Å². The fourth-order valence-corrected chi connectivity index (χ4v) is 4.26. The molecule has 29 heavy (non-hydrogen) atoms. The van der Waals surface area contributed by atoms with Gasteiger partial charge in [-0.15, -0.1) is 0 Å². The van der Waals surface area contributed by atoms with E-state index in [2.05, 4.69) is 31.6 Å². The number of likely N-dealkylation sites (tertiary alicyclic amines) is 1. The van der Waals surface area contributed by atoms with E-state index in [-0.39, 0.29) is 11.4 Å². The summed E-state index contributed by atoms with van der Waals surface area (Å²) in [4.78, 5) is 23.7. The van der Waals surface area contributed by atoms with Gasteiger partial charge in [0, 0.05) is 25.3 Å². The van der Waals surface area contributed by atoms with Gasteiger partial charge in [-0.1, -0.05) is 0 Å². The molecule has 0 aliphatic carbocycles. The standard InChI is InChI=1S/C19H24N8O2/c1-12-9-13(25-17-15(29-2)16(21)22-11-23-17)18(28)27-14(12)10-24-19(27)3-6-26(7-4-19)8-5-20/h9,11,24H,3-4,6-8,10H2,1-2H3,(H3,21,22,23,25). The molecule has 2 aliphatic heterocycles. The van der Waals surface area contributed by atoms with E-state index in [9.17, 15) is 4.79 Å². The predicted octanol–water partition coefficient (Wildman–Crippen LogP) is 0.657. The van der Waals surface area contributed by atoms with Crippen LogP contribution in [-0.2, 0) is 12.2 Å². The summed E-state index contributed by atoms with van der Waals surface area (Å²) in [5.74, 6) is 0.847. The maximum Gasteiger partial charge on any atom is 0.276 e. The number of hydrogen-bond donors (Lipinski definition) is 3. The summed E-state index contributed by atoms with van der Waals surface area (Å²) in [6, 6.07) is 4.03. The molecule has 0 amide bonds. The fourth-order valence-electron chi connectivity index (χ4n) is 4.26. The number of anilines is 3. The summed E-state index contributed by atoms with van der Waals surface area (Å²) < 4.78 is 7.17. The van der Waals surface area contributed by atoms with Gasteiger partial charge in [0.05, 0.1) is 19.7 Å². The van der Waals surface area contributed by atoms with Gasteiger partial charge in [0.25, 0.3) is 5.56 Å². The van der Waals surface area contributed by atoms with Crippen molar-refractivity contribution < 1.29 is 4.74 Å². The Hall–Kier alpha value is -3.16. The number of aryl methyl sites for hydroxylation is 1. The zero-order valence-electron chi connectivity index (χ0n) is 16.5. The number of nitrogens with zero attached hydrogens (tertiary/aromatic N) is 5. The first-order valence-electron chi connectivity index (χ1n) is 9.51. The van der Waals surface area contributed by atoms with Gasteiger partial charge in [-0.3, -0.25) is 19.6 Å². The molecule has 0 bridgehead atoms. The highest BCUT2D eigenvalue weighted by Crippen LogP contribution is 2.35. The molecule has 1 spiro atoms. The molecule has 10 nitrogen and oxygen atoms in total. The molecule has 4 heterocycles. The molecular formula is C19H24N8O2. The molecule has 1 fully saturated rings. The quantitative estimate of drug-likeness (QED) is 0.637. The Morgan fingerprint density at radius 1 is 1.41 bits per heavy atom. The van der Waals surface area contributed by atoms with Crippen molar-refractivity contribution >= 4 is 17.3 Å². The van der Waals surface area contributed by atoms with Crippen LogP contribution in [0.2, 0.25) is 0 Å². The average molecular weight is 396 g/mol. The van der Waals surface area contributed by atoms with Crippen LogP contribution in [0.4, 0.5) is 17.3 Å². The first-order valence-corrected chi connectivity index (χ1v) is 9.51. The lowest BCUT2D eigenvalue weighted by Gasteiger charge is -2.40. The molecule has 0 radical (unpaired) electrons. The molecular weight excluding hydrogens is 372 g/mol. The summed E-state index contributed by atoms with van der Waals surface area (Å²) in [6.07, 6.45) is 2.84. The Kier molecular flexibility index (Phi) is 4.86. The molecule has 152 valence electrons. The molecule has 0 aromatic carbocycles. The third-order valence-corrected chi connectivity index (χ3v) is 5.80. The maximum absolute atomic E-state index is 13.5. The smallest absolute Gasteiger partial charge is 0.276 e. The van der Waals surface area contributed by atoms with Crippen molar-refractivity contribution in [2.24, 2.45) is 0 Å². The van der Waals surface area contributed by atoms with Crippen molar-refractivity contribution in [1.29, 1.82) is 5.26 Å². The minimum atomic E-state index is -0.435.